The van der Waals surface area contributed by atoms with E-state index in [0.717, 1.165) is 15.7 Å². The summed E-state index contributed by atoms with van der Waals surface area (Å²) in [5.41, 5.74) is 1.68. The lowest BCUT2D eigenvalue weighted by molar-refractivity contribution is -0.138. The highest BCUT2D eigenvalue weighted by atomic mass is 79.9. The van der Waals surface area contributed by atoms with Gasteiger partial charge in [0.1, 0.15) is 0 Å². The molecule has 88 valence electrons. The highest BCUT2D eigenvalue weighted by Crippen LogP contribution is 2.18. The Morgan fingerprint density at radius 3 is 2.53 bits per heavy atom. The van der Waals surface area contributed by atoms with Crippen molar-refractivity contribution in [2.75, 3.05) is 0 Å². The van der Waals surface area contributed by atoms with E-state index in [1.807, 2.05) is 30.5 Å². The normalized spacial score (nSPS) is 12.4. The van der Waals surface area contributed by atoms with E-state index in [2.05, 4.69) is 21.0 Å². The number of hydrogen-bond donors (Lipinski definition) is 1. The zero-order valence-electron chi connectivity index (χ0n) is 9.17. The highest BCUT2D eigenvalue weighted by molar-refractivity contribution is 9.10. The third kappa shape index (κ3) is 2.55. The molecule has 1 aromatic carbocycles. The molecule has 0 aliphatic rings. The van der Waals surface area contributed by atoms with E-state index in [9.17, 15) is 4.79 Å². The molecule has 0 aliphatic carbocycles. The van der Waals surface area contributed by atoms with Crippen molar-refractivity contribution >= 4 is 21.9 Å². The number of aliphatic carboxylic acids is 1. The van der Waals surface area contributed by atoms with Crippen LogP contribution in [-0.2, 0) is 4.79 Å². The van der Waals surface area contributed by atoms with E-state index in [1.165, 1.54) is 0 Å². The van der Waals surface area contributed by atoms with Crippen LogP contribution in [0.2, 0.25) is 0 Å². The number of carboxylic acid groups (broad SMARTS) is 1. The highest BCUT2D eigenvalue weighted by Gasteiger charge is 2.13. The molecule has 0 fully saturated rings. The predicted molar refractivity (Wildman–Crippen MR) is 67.3 cm³/mol. The van der Waals surface area contributed by atoms with Crippen LogP contribution in [0.4, 0.5) is 0 Å². The number of benzene rings is 1. The lowest BCUT2D eigenvalue weighted by Crippen LogP contribution is -2.07. The Kier molecular flexibility index (Phi) is 3.28. The number of rotatable bonds is 3. The largest absolute Gasteiger partial charge is 0.481 e. The zero-order valence-corrected chi connectivity index (χ0v) is 10.8. The van der Waals surface area contributed by atoms with Gasteiger partial charge in [-0.15, -0.1) is 0 Å². The second-order valence-corrected chi connectivity index (χ2v) is 4.67. The molecule has 0 spiro atoms. The van der Waals surface area contributed by atoms with Crippen LogP contribution in [0.1, 0.15) is 18.4 Å². The first kappa shape index (κ1) is 11.9. The predicted octanol–water partition coefficient (Wildman–Crippen LogP) is 2.82. The van der Waals surface area contributed by atoms with Crippen molar-refractivity contribution in [3.05, 3.63) is 46.7 Å². The maximum Gasteiger partial charge on any atom is 0.310 e. The van der Waals surface area contributed by atoms with Crippen molar-refractivity contribution in [1.29, 1.82) is 0 Å². The van der Waals surface area contributed by atoms with E-state index in [-0.39, 0.29) is 0 Å². The second-order valence-electron chi connectivity index (χ2n) is 3.75. The average Bonchev–Trinajstić information content (AvgIpc) is 2.75. The summed E-state index contributed by atoms with van der Waals surface area (Å²) in [6, 6.07) is 7.33. The summed E-state index contributed by atoms with van der Waals surface area (Å²) in [5.74, 6) is -1.31. The monoisotopic (exact) mass is 294 g/mol. The molecule has 0 radical (unpaired) electrons. The van der Waals surface area contributed by atoms with Crippen molar-refractivity contribution in [2.45, 2.75) is 12.8 Å². The summed E-state index contributed by atoms with van der Waals surface area (Å²) in [7, 11) is 0. The SMILES string of the molecule is CC(C(=O)O)c1ccc(-n2cc(Br)cn2)cc1. The Morgan fingerprint density at radius 2 is 2.06 bits per heavy atom. The summed E-state index contributed by atoms with van der Waals surface area (Å²) in [6.07, 6.45) is 3.55. The fourth-order valence-electron chi connectivity index (χ4n) is 1.50. The molecule has 4 nitrogen and oxygen atoms in total. The van der Waals surface area contributed by atoms with Crippen molar-refractivity contribution in [3.8, 4) is 5.69 Å². The molecule has 0 aliphatic heterocycles. The van der Waals surface area contributed by atoms with Crippen LogP contribution in [0.15, 0.2) is 41.1 Å². The summed E-state index contributed by atoms with van der Waals surface area (Å²) in [5, 5.41) is 13.1. The number of carbonyl (C=O) groups is 1. The molecule has 1 heterocycles. The van der Waals surface area contributed by atoms with Crippen LogP contribution in [-0.4, -0.2) is 20.9 Å². The Labute approximate surface area is 107 Å². The van der Waals surface area contributed by atoms with Gasteiger partial charge in [0.05, 0.1) is 22.3 Å². The van der Waals surface area contributed by atoms with E-state index >= 15 is 0 Å². The van der Waals surface area contributed by atoms with Crippen LogP contribution in [0.5, 0.6) is 0 Å². The van der Waals surface area contributed by atoms with Gasteiger partial charge in [-0.05, 0) is 40.5 Å². The van der Waals surface area contributed by atoms with Gasteiger partial charge in [0.15, 0.2) is 0 Å². The molecule has 0 saturated heterocycles. The zero-order chi connectivity index (χ0) is 12.4. The molecule has 1 atom stereocenters. The van der Waals surface area contributed by atoms with Gasteiger partial charge in [-0.2, -0.15) is 5.10 Å². The molecule has 1 aromatic heterocycles. The topological polar surface area (TPSA) is 55.1 Å². The molecule has 5 heteroatoms. The molecular weight excluding hydrogens is 284 g/mol. The van der Waals surface area contributed by atoms with E-state index in [1.54, 1.807) is 17.8 Å². The first-order chi connectivity index (χ1) is 8.08. The minimum atomic E-state index is -0.820. The Morgan fingerprint density at radius 1 is 1.41 bits per heavy atom. The van der Waals surface area contributed by atoms with Crippen molar-refractivity contribution in [1.82, 2.24) is 9.78 Å². The summed E-state index contributed by atoms with van der Waals surface area (Å²) in [4.78, 5) is 10.8. The first-order valence-corrected chi connectivity index (χ1v) is 5.90. The van der Waals surface area contributed by atoms with E-state index in [4.69, 9.17) is 5.11 Å². The third-order valence-electron chi connectivity index (χ3n) is 2.58. The fourth-order valence-corrected chi connectivity index (χ4v) is 1.79. The molecule has 1 N–H and O–H groups in total. The molecule has 0 saturated carbocycles. The van der Waals surface area contributed by atoms with Gasteiger partial charge in [0.25, 0.3) is 0 Å². The minimum absolute atomic E-state index is 0.492. The molecular formula is C12H11BrN2O2. The molecule has 1 unspecified atom stereocenters. The lowest BCUT2D eigenvalue weighted by atomic mass is 10.0. The standard InChI is InChI=1S/C12H11BrN2O2/c1-8(12(16)17)9-2-4-11(5-3-9)15-7-10(13)6-14-15/h2-8H,1H3,(H,16,17). The van der Waals surface area contributed by atoms with E-state index in [0.29, 0.717) is 0 Å². The van der Waals surface area contributed by atoms with Crippen molar-refractivity contribution < 1.29 is 9.90 Å². The van der Waals surface area contributed by atoms with Crippen molar-refractivity contribution in [3.63, 3.8) is 0 Å². The molecule has 17 heavy (non-hydrogen) atoms. The average molecular weight is 295 g/mol. The maximum atomic E-state index is 10.8. The lowest BCUT2D eigenvalue weighted by Gasteiger charge is -2.07. The van der Waals surface area contributed by atoms with Crippen LogP contribution in [0.25, 0.3) is 5.69 Å². The van der Waals surface area contributed by atoms with Gasteiger partial charge in [-0.25, -0.2) is 4.68 Å². The van der Waals surface area contributed by atoms with Crippen LogP contribution >= 0.6 is 15.9 Å². The minimum Gasteiger partial charge on any atom is -0.481 e. The summed E-state index contributed by atoms with van der Waals surface area (Å²) in [6.45, 7) is 1.67. The number of carboxylic acids is 1. The van der Waals surface area contributed by atoms with Gasteiger partial charge in [0.2, 0.25) is 0 Å². The van der Waals surface area contributed by atoms with Gasteiger partial charge in [-0.1, -0.05) is 12.1 Å². The van der Waals surface area contributed by atoms with Crippen LogP contribution in [0, 0.1) is 0 Å². The Hall–Kier alpha value is -1.62. The van der Waals surface area contributed by atoms with Gasteiger partial charge < -0.3 is 5.11 Å². The number of nitrogens with zero attached hydrogens (tertiary/aromatic N) is 2. The molecule has 0 amide bonds. The van der Waals surface area contributed by atoms with E-state index < -0.39 is 11.9 Å². The smallest absolute Gasteiger partial charge is 0.310 e. The van der Waals surface area contributed by atoms with Crippen molar-refractivity contribution in [2.24, 2.45) is 0 Å². The molecule has 2 rings (SSSR count). The third-order valence-corrected chi connectivity index (χ3v) is 2.99. The molecule has 2 aromatic rings. The fraction of sp³-hybridized carbons (Fsp3) is 0.167. The quantitative estimate of drug-likeness (QED) is 0.947. The van der Waals surface area contributed by atoms with Crippen LogP contribution in [0.3, 0.4) is 0 Å². The van der Waals surface area contributed by atoms with Gasteiger partial charge in [-0.3, -0.25) is 4.79 Å². The maximum absolute atomic E-state index is 10.8. The Bertz CT molecular complexity index is 534. The Balaban J connectivity index is 2.27. The number of aromatic nitrogens is 2. The summed E-state index contributed by atoms with van der Waals surface area (Å²) >= 11 is 3.33. The van der Waals surface area contributed by atoms with Gasteiger partial charge in [0, 0.05) is 6.20 Å². The second kappa shape index (κ2) is 4.71. The summed E-state index contributed by atoms with van der Waals surface area (Å²) < 4.78 is 2.62. The van der Waals surface area contributed by atoms with Crippen LogP contribution < -0.4 is 0 Å². The molecule has 0 bridgehead atoms. The number of hydrogen-bond acceptors (Lipinski definition) is 2. The van der Waals surface area contributed by atoms with Gasteiger partial charge >= 0.3 is 5.97 Å². The number of halogens is 1. The first-order valence-electron chi connectivity index (χ1n) is 5.11.